The Bertz CT molecular complexity index is 131. The predicted molar refractivity (Wildman–Crippen MR) is 49.6 cm³/mol. The molecule has 66 valence electrons. The molecule has 1 nitrogen and oxygen atoms in total. The van der Waals surface area contributed by atoms with E-state index in [0.29, 0.717) is 5.41 Å². The first-order chi connectivity index (χ1) is 5.11. The molecule has 0 bridgehead atoms. The van der Waals surface area contributed by atoms with Crippen molar-refractivity contribution in [3.05, 3.63) is 0 Å². The van der Waals surface area contributed by atoms with Gasteiger partial charge in [0.25, 0.3) is 0 Å². The van der Waals surface area contributed by atoms with Gasteiger partial charge in [-0.1, -0.05) is 27.7 Å². The largest absolute Gasteiger partial charge is 0.313 e. The van der Waals surface area contributed by atoms with E-state index in [1.807, 2.05) is 0 Å². The molecule has 1 aliphatic heterocycles. The third-order valence-corrected chi connectivity index (χ3v) is 3.58. The Balaban J connectivity index is 2.67. The summed E-state index contributed by atoms with van der Waals surface area (Å²) in [6, 6.07) is 0.752. The Hall–Kier alpha value is -0.0400. The zero-order valence-electron chi connectivity index (χ0n) is 8.28. The lowest BCUT2D eigenvalue weighted by Gasteiger charge is -2.34. The zero-order valence-corrected chi connectivity index (χ0v) is 8.28. The molecule has 0 amide bonds. The number of hydrogen-bond donors (Lipinski definition) is 1. The summed E-state index contributed by atoms with van der Waals surface area (Å²) in [7, 11) is 0. The van der Waals surface area contributed by atoms with Crippen LogP contribution in [-0.4, -0.2) is 12.6 Å². The second-order valence-corrected chi connectivity index (χ2v) is 4.33. The average Bonchev–Trinajstić information content (AvgIpc) is 2.32. The third-order valence-electron chi connectivity index (χ3n) is 3.58. The van der Waals surface area contributed by atoms with Crippen LogP contribution < -0.4 is 5.32 Å². The maximum absolute atomic E-state index is 3.58. The molecule has 11 heavy (non-hydrogen) atoms. The summed E-state index contributed by atoms with van der Waals surface area (Å²) in [6.07, 6.45) is 2.62. The van der Waals surface area contributed by atoms with Gasteiger partial charge in [0.2, 0.25) is 0 Å². The topological polar surface area (TPSA) is 12.0 Å². The Morgan fingerprint density at radius 2 is 2.18 bits per heavy atom. The van der Waals surface area contributed by atoms with E-state index in [1.165, 1.54) is 19.4 Å². The number of nitrogens with one attached hydrogen (secondary N) is 1. The van der Waals surface area contributed by atoms with Gasteiger partial charge in [0.15, 0.2) is 0 Å². The lowest BCUT2D eigenvalue weighted by Crippen LogP contribution is -2.37. The Morgan fingerprint density at radius 3 is 2.55 bits per heavy atom. The first-order valence-electron chi connectivity index (χ1n) is 4.84. The molecule has 1 N–H and O–H groups in total. The molecule has 1 heterocycles. The van der Waals surface area contributed by atoms with Crippen molar-refractivity contribution in [2.75, 3.05) is 6.54 Å². The fraction of sp³-hybridized carbons (Fsp3) is 1.00. The molecule has 1 aliphatic rings. The van der Waals surface area contributed by atoms with Crippen molar-refractivity contribution >= 4 is 0 Å². The molecule has 2 atom stereocenters. The van der Waals surface area contributed by atoms with Gasteiger partial charge in [-0.15, -0.1) is 0 Å². The van der Waals surface area contributed by atoms with Crippen LogP contribution in [0.1, 0.15) is 40.5 Å². The van der Waals surface area contributed by atoms with Crippen LogP contribution in [0.3, 0.4) is 0 Å². The lowest BCUT2D eigenvalue weighted by molar-refractivity contribution is 0.185. The molecule has 0 aliphatic carbocycles. The van der Waals surface area contributed by atoms with E-state index in [0.717, 1.165) is 12.0 Å². The molecule has 0 aromatic carbocycles. The Morgan fingerprint density at radius 1 is 1.55 bits per heavy atom. The van der Waals surface area contributed by atoms with Crippen LogP contribution >= 0.6 is 0 Å². The van der Waals surface area contributed by atoms with Gasteiger partial charge in [-0.2, -0.15) is 0 Å². The molecular weight excluding hydrogens is 134 g/mol. The number of hydrogen-bond acceptors (Lipinski definition) is 1. The minimum Gasteiger partial charge on any atom is -0.313 e. The van der Waals surface area contributed by atoms with Gasteiger partial charge in [-0.25, -0.2) is 0 Å². The highest BCUT2D eigenvalue weighted by Crippen LogP contribution is 2.39. The van der Waals surface area contributed by atoms with E-state index in [2.05, 4.69) is 33.0 Å². The van der Waals surface area contributed by atoms with Crippen LogP contribution in [0, 0.1) is 11.3 Å². The van der Waals surface area contributed by atoms with Gasteiger partial charge in [-0.3, -0.25) is 0 Å². The van der Waals surface area contributed by atoms with Crippen molar-refractivity contribution in [3.8, 4) is 0 Å². The predicted octanol–water partition coefficient (Wildman–Crippen LogP) is 2.42. The summed E-state index contributed by atoms with van der Waals surface area (Å²) < 4.78 is 0. The smallest absolute Gasteiger partial charge is 0.0121 e. The summed E-state index contributed by atoms with van der Waals surface area (Å²) >= 11 is 0. The molecule has 1 rings (SSSR count). The van der Waals surface area contributed by atoms with Crippen LogP contribution in [-0.2, 0) is 0 Å². The first-order valence-corrected chi connectivity index (χ1v) is 4.84. The normalized spacial score (nSPS) is 38.5. The molecule has 1 saturated heterocycles. The standard InChI is InChI=1S/C10H21N/c1-5-9-10(4,8(2)3)6-7-11-9/h8-9,11H,5-7H2,1-4H3. The summed E-state index contributed by atoms with van der Waals surface area (Å²) in [5, 5.41) is 3.58. The van der Waals surface area contributed by atoms with Crippen LogP contribution in [0.25, 0.3) is 0 Å². The first kappa shape index (κ1) is 9.05. The van der Waals surface area contributed by atoms with E-state index in [4.69, 9.17) is 0 Å². The fourth-order valence-corrected chi connectivity index (χ4v) is 2.22. The van der Waals surface area contributed by atoms with Crippen molar-refractivity contribution in [1.82, 2.24) is 5.32 Å². The lowest BCUT2D eigenvalue weighted by atomic mass is 9.72. The average molecular weight is 155 g/mol. The molecule has 2 unspecified atom stereocenters. The molecule has 1 fully saturated rings. The summed E-state index contributed by atoms with van der Waals surface area (Å²) in [4.78, 5) is 0. The van der Waals surface area contributed by atoms with Gasteiger partial charge in [0.05, 0.1) is 0 Å². The maximum atomic E-state index is 3.58. The van der Waals surface area contributed by atoms with E-state index < -0.39 is 0 Å². The van der Waals surface area contributed by atoms with E-state index in [1.54, 1.807) is 0 Å². The van der Waals surface area contributed by atoms with Crippen molar-refractivity contribution in [2.45, 2.75) is 46.6 Å². The van der Waals surface area contributed by atoms with Gasteiger partial charge in [0.1, 0.15) is 0 Å². The fourth-order valence-electron chi connectivity index (χ4n) is 2.22. The van der Waals surface area contributed by atoms with Crippen LogP contribution in [0.2, 0.25) is 0 Å². The highest BCUT2D eigenvalue weighted by atomic mass is 15.0. The number of rotatable bonds is 2. The highest BCUT2D eigenvalue weighted by molar-refractivity contribution is 4.94. The van der Waals surface area contributed by atoms with Gasteiger partial charge >= 0.3 is 0 Å². The second-order valence-electron chi connectivity index (χ2n) is 4.33. The van der Waals surface area contributed by atoms with E-state index in [9.17, 15) is 0 Å². The Labute approximate surface area is 70.6 Å². The second kappa shape index (κ2) is 3.14. The summed E-state index contributed by atoms with van der Waals surface area (Å²) in [5.74, 6) is 0.808. The molecule has 0 aromatic rings. The SMILES string of the molecule is CCC1NCCC1(C)C(C)C. The van der Waals surface area contributed by atoms with Crippen molar-refractivity contribution in [1.29, 1.82) is 0 Å². The minimum atomic E-state index is 0.550. The summed E-state index contributed by atoms with van der Waals surface area (Å²) in [5.41, 5.74) is 0.550. The minimum absolute atomic E-state index is 0.550. The van der Waals surface area contributed by atoms with Crippen LogP contribution in [0.4, 0.5) is 0 Å². The van der Waals surface area contributed by atoms with Crippen molar-refractivity contribution < 1.29 is 0 Å². The maximum Gasteiger partial charge on any atom is 0.0121 e. The quantitative estimate of drug-likeness (QED) is 0.645. The molecule has 0 radical (unpaired) electrons. The van der Waals surface area contributed by atoms with Gasteiger partial charge < -0.3 is 5.32 Å². The molecular formula is C10H21N. The van der Waals surface area contributed by atoms with Crippen LogP contribution in [0.5, 0.6) is 0 Å². The molecule has 0 saturated carbocycles. The van der Waals surface area contributed by atoms with Gasteiger partial charge in [0, 0.05) is 6.04 Å². The molecule has 0 aromatic heterocycles. The van der Waals surface area contributed by atoms with Gasteiger partial charge in [-0.05, 0) is 30.7 Å². The zero-order chi connectivity index (χ0) is 8.48. The third kappa shape index (κ3) is 1.44. The Kier molecular flexibility index (Phi) is 2.58. The van der Waals surface area contributed by atoms with Crippen molar-refractivity contribution in [2.24, 2.45) is 11.3 Å². The summed E-state index contributed by atoms with van der Waals surface area (Å²) in [6.45, 7) is 10.6. The van der Waals surface area contributed by atoms with E-state index >= 15 is 0 Å². The monoisotopic (exact) mass is 155 g/mol. The molecule has 1 heteroatoms. The molecule has 0 spiro atoms. The van der Waals surface area contributed by atoms with E-state index in [-0.39, 0.29) is 0 Å². The van der Waals surface area contributed by atoms with Crippen LogP contribution in [0.15, 0.2) is 0 Å². The van der Waals surface area contributed by atoms with Crippen molar-refractivity contribution in [3.63, 3.8) is 0 Å². The highest BCUT2D eigenvalue weighted by Gasteiger charge is 2.39.